The molecule has 8 rings (SSSR count). The van der Waals surface area contributed by atoms with Crippen LogP contribution in [-0.4, -0.2) is 36.8 Å². The topological polar surface area (TPSA) is 93.2 Å². The molecule has 0 N–H and O–H groups in total. The molecule has 3 aromatic carbocycles. The molecular formula is C38H38N2O6. The highest BCUT2D eigenvalue weighted by atomic mass is 16.5. The molecule has 2 saturated heterocycles. The van der Waals surface area contributed by atoms with Gasteiger partial charge in [-0.1, -0.05) is 69.2 Å². The first-order valence-corrected chi connectivity index (χ1v) is 16.4. The lowest BCUT2D eigenvalue weighted by molar-refractivity contribution is -0.140. The molecule has 2 heterocycles. The number of allylic oxidation sites excluding steroid dienone is 2. The Labute approximate surface area is 269 Å². The number of ether oxygens (including phenoxy) is 2. The summed E-state index contributed by atoms with van der Waals surface area (Å²) in [5, 5.41) is 0. The van der Waals surface area contributed by atoms with Crippen molar-refractivity contribution in [2.45, 2.75) is 44.9 Å². The zero-order valence-electron chi connectivity index (χ0n) is 26.1. The zero-order chi connectivity index (χ0) is 32.0. The van der Waals surface area contributed by atoms with E-state index in [1.807, 2.05) is 42.5 Å². The second kappa shape index (κ2) is 11.9. The maximum Gasteiger partial charge on any atom is 0.238 e. The van der Waals surface area contributed by atoms with Gasteiger partial charge in [-0.3, -0.25) is 19.2 Å². The van der Waals surface area contributed by atoms with Gasteiger partial charge in [0.15, 0.2) is 0 Å². The third-order valence-electron chi connectivity index (χ3n) is 10.2. The fourth-order valence-electron chi connectivity index (χ4n) is 8.04. The first-order chi connectivity index (χ1) is 22.4. The van der Waals surface area contributed by atoms with E-state index in [-0.39, 0.29) is 23.6 Å². The predicted molar refractivity (Wildman–Crippen MR) is 173 cm³/mol. The van der Waals surface area contributed by atoms with Gasteiger partial charge >= 0.3 is 0 Å². The average molecular weight is 619 g/mol. The van der Waals surface area contributed by atoms with Gasteiger partial charge in [0.25, 0.3) is 0 Å². The van der Waals surface area contributed by atoms with Gasteiger partial charge in [0.1, 0.15) is 11.5 Å². The van der Waals surface area contributed by atoms with Crippen molar-refractivity contribution in [1.29, 1.82) is 0 Å². The van der Waals surface area contributed by atoms with Crippen LogP contribution < -0.4 is 19.3 Å². The van der Waals surface area contributed by atoms with Gasteiger partial charge in [0.05, 0.1) is 48.3 Å². The van der Waals surface area contributed by atoms with Gasteiger partial charge < -0.3 is 9.47 Å². The Balaban J connectivity index is 1.26. The molecule has 5 aliphatic rings. The standard InChI is InChI=1S/C38H38N2O6/c1-3-5-22-45-27-16-12-25(13-17-27)39-34(41)30-29-20-21-38(32(30)36(39)43,24-10-8-7-9-11-24)33-31(29)35(42)40(37(33)44)26-14-18-28(19-15-26)46-23-6-4-2/h7-21,29-33H,3-6,22-23H2,1-2H3/t29?,30-,31+,32-,33-,38?/m1/s1. The van der Waals surface area contributed by atoms with Crippen LogP contribution >= 0.6 is 0 Å². The number of imide groups is 2. The Bertz CT molecular complexity index is 1580. The van der Waals surface area contributed by atoms with Crippen LogP contribution in [0.1, 0.15) is 45.1 Å². The first-order valence-electron chi connectivity index (χ1n) is 16.4. The molecule has 236 valence electrons. The molecule has 3 fully saturated rings. The minimum Gasteiger partial charge on any atom is -0.494 e. The molecule has 0 aromatic heterocycles. The van der Waals surface area contributed by atoms with Crippen molar-refractivity contribution < 1.29 is 28.7 Å². The lowest BCUT2D eigenvalue weighted by atomic mass is 9.45. The fraction of sp³-hybridized carbons (Fsp3) is 0.368. The number of unbranched alkanes of at least 4 members (excludes halogenated alkanes) is 2. The van der Waals surface area contributed by atoms with E-state index in [1.165, 1.54) is 9.80 Å². The molecule has 2 aliphatic heterocycles. The molecule has 8 nitrogen and oxygen atoms in total. The Morgan fingerprint density at radius 2 is 1.07 bits per heavy atom. The van der Waals surface area contributed by atoms with Crippen LogP contribution in [0.2, 0.25) is 0 Å². The highest BCUT2D eigenvalue weighted by Gasteiger charge is 2.75. The third-order valence-corrected chi connectivity index (χ3v) is 10.2. The average Bonchev–Trinajstić information content (AvgIpc) is 3.53. The summed E-state index contributed by atoms with van der Waals surface area (Å²) in [4.78, 5) is 60.1. The first kappa shape index (κ1) is 30.0. The summed E-state index contributed by atoms with van der Waals surface area (Å²) in [7, 11) is 0. The Kier molecular flexibility index (Phi) is 7.75. The van der Waals surface area contributed by atoms with Crippen molar-refractivity contribution in [1.82, 2.24) is 0 Å². The molecule has 3 aliphatic carbocycles. The second-order valence-electron chi connectivity index (χ2n) is 12.7. The smallest absolute Gasteiger partial charge is 0.238 e. The van der Waals surface area contributed by atoms with Gasteiger partial charge in [0, 0.05) is 11.3 Å². The van der Waals surface area contributed by atoms with Gasteiger partial charge in [-0.15, -0.1) is 0 Å². The van der Waals surface area contributed by atoms with Crippen LogP contribution in [0.5, 0.6) is 11.5 Å². The SMILES string of the molecule is CCCCOc1ccc(N2C(=O)[C@@H]3C4C=CC(c5ccccc5)([C@H]3C2=O)[C@H]2C(=O)N(c3ccc(OCCCC)cc3)C(=O)[C@@H]42)cc1. The summed E-state index contributed by atoms with van der Waals surface area (Å²) in [6.45, 7) is 5.37. The summed E-state index contributed by atoms with van der Waals surface area (Å²) in [6.07, 6.45) is 7.74. The lowest BCUT2D eigenvalue weighted by Gasteiger charge is -2.53. The van der Waals surface area contributed by atoms with Crippen LogP contribution in [0.4, 0.5) is 11.4 Å². The van der Waals surface area contributed by atoms with E-state index < -0.39 is 35.0 Å². The maximum absolute atomic E-state index is 14.5. The van der Waals surface area contributed by atoms with E-state index in [1.54, 1.807) is 48.5 Å². The number of hydrogen-bond donors (Lipinski definition) is 0. The molecule has 0 spiro atoms. The fourth-order valence-corrected chi connectivity index (χ4v) is 8.04. The minimum absolute atomic E-state index is 0.338. The quantitative estimate of drug-likeness (QED) is 0.147. The normalized spacial score (nSPS) is 27.7. The molecule has 6 atom stereocenters. The number of nitrogens with zero attached hydrogens (tertiary/aromatic N) is 2. The predicted octanol–water partition coefficient (Wildman–Crippen LogP) is 6.09. The van der Waals surface area contributed by atoms with Crippen LogP contribution in [0.3, 0.4) is 0 Å². The van der Waals surface area contributed by atoms with Crippen molar-refractivity contribution in [2.75, 3.05) is 23.0 Å². The number of carbonyl (C=O) groups is 4. The molecule has 46 heavy (non-hydrogen) atoms. The number of rotatable bonds is 11. The van der Waals surface area contributed by atoms with Gasteiger partial charge in [-0.2, -0.15) is 0 Å². The molecular weight excluding hydrogens is 580 g/mol. The molecule has 8 heteroatoms. The molecule has 2 bridgehead atoms. The van der Waals surface area contributed by atoms with Crippen molar-refractivity contribution in [2.24, 2.45) is 29.6 Å². The molecule has 1 saturated carbocycles. The monoisotopic (exact) mass is 618 g/mol. The Hall–Kier alpha value is -4.72. The van der Waals surface area contributed by atoms with Crippen molar-refractivity contribution in [3.05, 3.63) is 96.6 Å². The third kappa shape index (κ3) is 4.49. The van der Waals surface area contributed by atoms with Crippen LogP contribution in [-0.2, 0) is 24.6 Å². The number of benzene rings is 3. The number of hydrogen-bond acceptors (Lipinski definition) is 6. The Morgan fingerprint density at radius 3 is 1.50 bits per heavy atom. The van der Waals surface area contributed by atoms with E-state index in [9.17, 15) is 19.2 Å². The van der Waals surface area contributed by atoms with E-state index in [4.69, 9.17) is 9.47 Å². The Morgan fingerprint density at radius 1 is 0.609 bits per heavy atom. The van der Waals surface area contributed by atoms with Gasteiger partial charge in [-0.25, -0.2) is 9.80 Å². The van der Waals surface area contributed by atoms with Crippen LogP contribution in [0.25, 0.3) is 0 Å². The van der Waals surface area contributed by atoms with E-state index in [0.717, 1.165) is 31.2 Å². The molecule has 4 amide bonds. The minimum atomic E-state index is -1.17. The van der Waals surface area contributed by atoms with Gasteiger partial charge in [-0.05, 0) is 66.9 Å². The molecule has 0 radical (unpaired) electrons. The van der Waals surface area contributed by atoms with Crippen LogP contribution in [0.15, 0.2) is 91.0 Å². The van der Waals surface area contributed by atoms with E-state index >= 15 is 0 Å². The summed E-state index contributed by atoms with van der Waals surface area (Å²) in [5.74, 6) is -3.82. The molecule has 2 unspecified atom stereocenters. The lowest BCUT2D eigenvalue weighted by Crippen LogP contribution is -2.60. The summed E-state index contributed by atoms with van der Waals surface area (Å²) >= 11 is 0. The molecule has 3 aromatic rings. The summed E-state index contributed by atoms with van der Waals surface area (Å²) < 4.78 is 11.6. The highest BCUT2D eigenvalue weighted by Crippen LogP contribution is 2.65. The van der Waals surface area contributed by atoms with Crippen molar-refractivity contribution in [3.8, 4) is 11.5 Å². The number of amides is 4. The van der Waals surface area contributed by atoms with Gasteiger partial charge in [0.2, 0.25) is 23.6 Å². The van der Waals surface area contributed by atoms with E-state index in [2.05, 4.69) is 13.8 Å². The summed E-state index contributed by atoms with van der Waals surface area (Å²) in [5.41, 5.74) is 0.501. The largest absolute Gasteiger partial charge is 0.494 e. The van der Waals surface area contributed by atoms with E-state index in [0.29, 0.717) is 36.1 Å². The van der Waals surface area contributed by atoms with Crippen LogP contribution in [0, 0.1) is 29.6 Å². The maximum atomic E-state index is 14.5. The number of carbonyl (C=O) groups excluding carboxylic acids is 4. The summed E-state index contributed by atoms with van der Waals surface area (Å²) in [6, 6.07) is 23.4. The van der Waals surface area contributed by atoms with Crippen molar-refractivity contribution in [3.63, 3.8) is 0 Å². The van der Waals surface area contributed by atoms with Crippen molar-refractivity contribution >= 4 is 35.0 Å². The zero-order valence-corrected chi connectivity index (χ0v) is 26.1. The number of anilines is 2. The second-order valence-corrected chi connectivity index (χ2v) is 12.7. The highest BCUT2D eigenvalue weighted by molar-refractivity contribution is 6.27.